The molecule has 25 heavy (non-hydrogen) atoms. The molecule has 0 radical (unpaired) electrons. The lowest BCUT2D eigenvalue weighted by atomic mass is 9.98. The van der Waals surface area contributed by atoms with Gasteiger partial charge in [0.25, 0.3) is 0 Å². The average molecular weight is 344 g/mol. The van der Waals surface area contributed by atoms with Crippen LogP contribution in [0, 0.1) is 0 Å². The number of para-hydroxylation sites is 1. The van der Waals surface area contributed by atoms with Crippen LogP contribution in [0.2, 0.25) is 0 Å². The fourth-order valence-electron chi connectivity index (χ4n) is 3.09. The number of rotatable bonds is 3. The molecule has 132 valence electrons. The average Bonchev–Trinajstić information content (AvgIpc) is 2.67. The van der Waals surface area contributed by atoms with Crippen molar-refractivity contribution in [3.63, 3.8) is 0 Å². The smallest absolute Gasteiger partial charge is 0.229 e. The standard InChI is InChI=1S/C19H20O6/c20-15-16(21)19(23-13-9-5-2-6-10-13)24-14-11-22-18(25-17(14)15)12-7-3-1-4-8-12/h1-10,14-21H,11H2/t14-,15-,16-,17-,18?,19-/m0/s1. The zero-order valence-electron chi connectivity index (χ0n) is 13.5. The largest absolute Gasteiger partial charge is 0.462 e. The van der Waals surface area contributed by atoms with Gasteiger partial charge in [-0.3, -0.25) is 0 Å². The van der Waals surface area contributed by atoms with Gasteiger partial charge in [-0.2, -0.15) is 0 Å². The van der Waals surface area contributed by atoms with E-state index in [9.17, 15) is 10.2 Å². The second kappa shape index (κ2) is 7.11. The Labute approximate surface area is 145 Å². The van der Waals surface area contributed by atoms with Gasteiger partial charge in [0, 0.05) is 5.56 Å². The lowest BCUT2D eigenvalue weighted by Gasteiger charge is -2.46. The lowest BCUT2D eigenvalue weighted by molar-refractivity contribution is -0.350. The highest BCUT2D eigenvalue weighted by atomic mass is 16.8. The summed E-state index contributed by atoms with van der Waals surface area (Å²) in [5.74, 6) is 0.553. The van der Waals surface area contributed by atoms with Crippen LogP contribution in [0.15, 0.2) is 60.7 Å². The van der Waals surface area contributed by atoms with Crippen LogP contribution in [0.25, 0.3) is 0 Å². The topological polar surface area (TPSA) is 77.4 Å². The Morgan fingerprint density at radius 1 is 0.840 bits per heavy atom. The monoisotopic (exact) mass is 344 g/mol. The van der Waals surface area contributed by atoms with Crippen LogP contribution < -0.4 is 4.74 Å². The first-order valence-corrected chi connectivity index (χ1v) is 8.28. The highest BCUT2D eigenvalue weighted by Gasteiger charge is 2.49. The highest BCUT2D eigenvalue weighted by Crippen LogP contribution is 2.34. The molecule has 0 saturated carbocycles. The number of benzene rings is 2. The summed E-state index contributed by atoms with van der Waals surface area (Å²) < 4.78 is 23.0. The molecule has 0 spiro atoms. The minimum atomic E-state index is -1.23. The molecule has 6 atom stereocenters. The van der Waals surface area contributed by atoms with Gasteiger partial charge in [0.05, 0.1) is 6.61 Å². The summed E-state index contributed by atoms with van der Waals surface area (Å²) in [5.41, 5.74) is 0.852. The molecular weight excluding hydrogens is 324 g/mol. The van der Waals surface area contributed by atoms with Crippen LogP contribution >= 0.6 is 0 Å². The number of hydrogen-bond donors (Lipinski definition) is 2. The lowest BCUT2D eigenvalue weighted by Crippen LogP contribution is -2.62. The molecule has 4 rings (SSSR count). The summed E-state index contributed by atoms with van der Waals surface area (Å²) in [6.45, 7) is 0.239. The number of aliphatic hydroxyl groups is 2. The Hall–Kier alpha value is -1.96. The third kappa shape index (κ3) is 3.40. The van der Waals surface area contributed by atoms with Crippen molar-refractivity contribution in [2.75, 3.05) is 6.61 Å². The van der Waals surface area contributed by atoms with E-state index in [1.165, 1.54) is 0 Å². The van der Waals surface area contributed by atoms with Crippen LogP contribution in [0.1, 0.15) is 11.9 Å². The highest BCUT2D eigenvalue weighted by molar-refractivity contribution is 5.21. The van der Waals surface area contributed by atoms with Crippen LogP contribution in [-0.2, 0) is 14.2 Å². The van der Waals surface area contributed by atoms with Gasteiger partial charge in [-0.05, 0) is 12.1 Å². The van der Waals surface area contributed by atoms with Crippen molar-refractivity contribution in [2.45, 2.75) is 37.0 Å². The molecule has 2 saturated heterocycles. The minimum absolute atomic E-state index is 0.239. The summed E-state index contributed by atoms with van der Waals surface area (Å²) >= 11 is 0. The van der Waals surface area contributed by atoms with Crippen molar-refractivity contribution in [1.82, 2.24) is 0 Å². The summed E-state index contributed by atoms with van der Waals surface area (Å²) in [4.78, 5) is 0. The maximum absolute atomic E-state index is 10.5. The first kappa shape index (κ1) is 16.5. The van der Waals surface area contributed by atoms with Crippen LogP contribution in [0.5, 0.6) is 5.75 Å². The minimum Gasteiger partial charge on any atom is -0.462 e. The maximum atomic E-state index is 10.5. The third-order valence-corrected chi connectivity index (χ3v) is 4.40. The van der Waals surface area contributed by atoms with Crippen LogP contribution in [0.4, 0.5) is 0 Å². The zero-order chi connectivity index (χ0) is 17.2. The molecule has 0 amide bonds. The van der Waals surface area contributed by atoms with Gasteiger partial charge >= 0.3 is 0 Å². The van der Waals surface area contributed by atoms with Crippen molar-refractivity contribution in [3.8, 4) is 5.75 Å². The SMILES string of the molecule is O[C@@H]1[C@@H](Oc2ccccc2)O[C@H]2COC(c3ccccc3)O[C@@H]2[C@H]1O. The molecule has 2 aromatic carbocycles. The zero-order valence-corrected chi connectivity index (χ0v) is 13.5. The van der Waals surface area contributed by atoms with Gasteiger partial charge in [-0.25, -0.2) is 0 Å². The maximum Gasteiger partial charge on any atom is 0.229 e. The summed E-state index contributed by atoms with van der Waals surface area (Å²) in [5, 5.41) is 20.9. The number of hydrogen-bond acceptors (Lipinski definition) is 6. The predicted octanol–water partition coefficient (Wildman–Crippen LogP) is 1.63. The summed E-state index contributed by atoms with van der Waals surface area (Å²) in [7, 11) is 0. The summed E-state index contributed by atoms with van der Waals surface area (Å²) in [6.07, 6.45) is -5.16. The Kier molecular flexibility index (Phi) is 4.70. The van der Waals surface area contributed by atoms with E-state index in [1.807, 2.05) is 48.5 Å². The molecule has 2 aliphatic heterocycles. The van der Waals surface area contributed by atoms with Gasteiger partial charge in [-0.15, -0.1) is 0 Å². The Balaban J connectivity index is 1.46. The number of aliphatic hydroxyl groups excluding tert-OH is 2. The van der Waals surface area contributed by atoms with E-state index in [4.69, 9.17) is 18.9 Å². The normalized spacial score (nSPS) is 35.0. The first-order valence-electron chi connectivity index (χ1n) is 8.28. The summed E-state index contributed by atoms with van der Waals surface area (Å²) in [6, 6.07) is 18.5. The second-order valence-electron chi connectivity index (χ2n) is 6.13. The van der Waals surface area contributed by atoms with Crippen molar-refractivity contribution in [1.29, 1.82) is 0 Å². The molecule has 0 bridgehead atoms. The molecular formula is C19H20O6. The molecule has 0 aliphatic carbocycles. The Morgan fingerprint density at radius 2 is 1.52 bits per heavy atom. The molecule has 2 aromatic rings. The second-order valence-corrected chi connectivity index (χ2v) is 6.13. The Morgan fingerprint density at radius 3 is 2.24 bits per heavy atom. The van der Waals surface area contributed by atoms with Gasteiger partial charge in [0.15, 0.2) is 6.29 Å². The molecule has 1 unspecified atom stereocenters. The van der Waals surface area contributed by atoms with Crippen molar-refractivity contribution in [3.05, 3.63) is 66.2 Å². The van der Waals surface area contributed by atoms with E-state index in [-0.39, 0.29) is 6.61 Å². The fraction of sp³-hybridized carbons (Fsp3) is 0.368. The molecule has 2 aliphatic rings. The van der Waals surface area contributed by atoms with Crippen molar-refractivity contribution >= 4 is 0 Å². The number of fused-ring (bicyclic) bond motifs is 1. The number of ether oxygens (including phenoxy) is 4. The fourth-order valence-corrected chi connectivity index (χ4v) is 3.09. The van der Waals surface area contributed by atoms with Crippen molar-refractivity contribution < 1.29 is 29.2 Å². The molecule has 2 heterocycles. The van der Waals surface area contributed by atoms with Gasteiger partial charge in [-0.1, -0.05) is 48.5 Å². The van der Waals surface area contributed by atoms with Crippen molar-refractivity contribution in [2.24, 2.45) is 0 Å². The Bertz CT molecular complexity index is 677. The quantitative estimate of drug-likeness (QED) is 0.881. The van der Waals surface area contributed by atoms with Gasteiger partial charge in [0.1, 0.15) is 30.2 Å². The van der Waals surface area contributed by atoms with E-state index < -0.39 is 37.0 Å². The molecule has 0 aromatic heterocycles. The first-order chi connectivity index (χ1) is 12.2. The van der Waals surface area contributed by atoms with E-state index in [1.54, 1.807) is 12.1 Å². The third-order valence-electron chi connectivity index (χ3n) is 4.40. The molecule has 6 heteroatoms. The van der Waals surface area contributed by atoms with E-state index in [0.717, 1.165) is 5.56 Å². The molecule has 2 N–H and O–H groups in total. The van der Waals surface area contributed by atoms with Crippen LogP contribution in [0.3, 0.4) is 0 Å². The van der Waals surface area contributed by atoms with E-state index in [0.29, 0.717) is 5.75 Å². The van der Waals surface area contributed by atoms with Gasteiger partial charge in [0.2, 0.25) is 6.29 Å². The van der Waals surface area contributed by atoms with E-state index >= 15 is 0 Å². The van der Waals surface area contributed by atoms with Crippen LogP contribution in [-0.4, -0.2) is 47.5 Å². The molecule has 2 fully saturated rings. The van der Waals surface area contributed by atoms with E-state index in [2.05, 4.69) is 0 Å². The molecule has 6 nitrogen and oxygen atoms in total. The van der Waals surface area contributed by atoms with Gasteiger partial charge < -0.3 is 29.2 Å². The predicted molar refractivity (Wildman–Crippen MR) is 87.8 cm³/mol.